The first-order valence-electron chi connectivity index (χ1n) is 4.25. The molecule has 1 atom stereocenters. The maximum absolute atomic E-state index is 12.7. The minimum absolute atomic E-state index is 0.0538. The molecule has 0 radical (unpaired) electrons. The molecule has 2 heterocycles. The Bertz CT molecular complexity index is 429. The van der Waals surface area contributed by atoms with E-state index in [2.05, 4.69) is 21.0 Å². The summed E-state index contributed by atoms with van der Waals surface area (Å²) in [5, 5.41) is 5.18. The molecule has 8 heteroatoms. The van der Waals surface area contributed by atoms with Crippen molar-refractivity contribution >= 4 is 33.4 Å². The van der Waals surface area contributed by atoms with E-state index in [1.807, 2.05) is 0 Å². The first kappa shape index (κ1) is 11.8. The lowest BCUT2D eigenvalue weighted by molar-refractivity contribution is -0.140. The van der Waals surface area contributed by atoms with E-state index in [0.29, 0.717) is 0 Å². The summed E-state index contributed by atoms with van der Waals surface area (Å²) in [6, 6.07) is 0. The van der Waals surface area contributed by atoms with Gasteiger partial charge in [-0.2, -0.15) is 18.3 Å². The van der Waals surface area contributed by atoms with Gasteiger partial charge < -0.3 is 4.90 Å². The maximum atomic E-state index is 12.7. The topological polar surface area (TPSA) is 21.1 Å². The number of anilines is 1. The SMILES string of the molecule is Cn1cc(N2C=CSC2Br)c(C(F)(F)F)n1. The Labute approximate surface area is 102 Å². The van der Waals surface area contributed by atoms with Crippen LogP contribution in [0.5, 0.6) is 0 Å². The summed E-state index contributed by atoms with van der Waals surface area (Å²) >= 11 is 4.66. The molecule has 0 amide bonds. The second-order valence-electron chi connectivity index (χ2n) is 3.15. The maximum Gasteiger partial charge on any atom is 0.437 e. The van der Waals surface area contributed by atoms with E-state index >= 15 is 0 Å². The highest BCUT2D eigenvalue weighted by atomic mass is 79.9. The first-order chi connectivity index (χ1) is 7.39. The summed E-state index contributed by atoms with van der Waals surface area (Å²) in [6.07, 6.45) is -1.49. The second-order valence-corrected chi connectivity index (χ2v) is 5.62. The molecular weight excluding hydrogens is 307 g/mol. The number of aryl methyl sites for hydroxylation is 1. The fourth-order valence-electron chi connectivity index (χ4n) is 1.36. The van der Waals surface area contributed by atoms with E-state index in [4.69, 9.17) is 0 Å². The van der Waals surface area contributed by atoms with Gasteiger partial charge >= 0.3 is 6.18 Å². The number of hydrogen-bond acceptors (Lipinski definition) is 3. The largest absolute Gasteiger partial charge is 0.437 e. The summed E-state index contributed by atoms with van der Waals surface area (Å²) in [6.45, 7) is 0. The monoisotopic (exact) mass is 313 g/mol. The third-order valence-electron chi connectivity index (χ3n) is 1.99. The molecule has 1 aliphatic heterocycles. The van der Waals surface area contributed by atoms with Crippen LogP contribution >= 0.6 is 27.7 Å². The highest BCUT2D eigenvalue weighted by Crippen LogP contribution is 2.41. The van der Waals surface area contributed by atoms with Crippen molar-refractivity contribution in [3.05, 3.63) is 23.5 Å². The molecule has 1 unspecified atom stereocenters. The molecule has 0 bridgehead atoms. The van der Waals surface area contributed by atoms with Crippen LogP contribution in [0.4, 0.5) is 18.9 Å². The van der Waals surface area contributed by atoms with Gasteiger partial charge in [-0.25, -0.2) is 0 Å². The van der Waals surface area contributed by atoms with Gasteiger partial charge in [0.2, 0.25) is 0 Å². The molecule has 0 spiro atoms. The van der Waals surface area contributed by atoms with Gasteiger partial charge in [-0.1, -0.05) is 27.7 Å². The Balaban J connectivity index is 2.44. The summed E-state index contributed by atoms with van der Waals surface area (Å²) in [4.78, 5) is 1.49. The molecule has 1 aromatic rings. The number of hydrogen-bond donors (Lipinski definition) is 0. The average Bonchev–Trinajstić information content (AvgIpc) is 2.70. The van der Waals surface area contributed by atoms with E-state index in [9.17, 15) is 13.2 Å². The van der Waals surface area contributed by atoms with Crippen molar-refractivity contribution in [3.63, 3.8) is 0 Å². The Morgan fingerprint density at radius 1 is 1.50 bits per heavy atom. The highest BCUT2D eigenvalue weighted by molar-refractivity contribution is 9.11. The molecule has 3 nitrogen and oxygen atoms in total. The van der Waals surface area contributed by atoms with Gasteiger partial charge in [0, 0.05) is 19.4 Å². The van der Waals surface area contributed by atoms with Crippen molar-refractivity contribution in [2.24, 2.45) is 7.05 Å². The van der Waals surface area contributed by atoms with Crippen molar-refractivity contribution in [1.29, 1.82) is 0 Å². The zero-order valence-corrected chi connectivity index (χ0v) is 10.5. The van der Waals surface area contributed by atoms with Crippen LogP contribution in [-0.4, -0.2) is 14.1 Å². The van der Waals surface area contributed by atoms with Gasteiger partial charge in [0.25, 0.3) is 0 Å². The smallest absolute Gasteiger partial charge is 0.322 e. The predicted molar refractivity (Wildman–Crippen MR) is 60.1 cm³/mol. The molecule has 0 aliphatic carbocycles. The third-order valence-corrected chi connectivity index (χ3v) is 3.81. The summed E-state index contributed by atoms with van der Waals surface area (Å²) in [5.41, 5.74) is -0.815. The van der Waals surface area contributed by atoms with Crippen molar-refractivity contribution in [1.82, 2.24) is 9.78 Å². The fraction of sp³-hybridized carbons (Fsp3) is 0.375. The molecule has 1 aliphatic rings. The molecule has 0 N–H and O–H groups in total. The molecule has 1 aromatic heterocycles. The molecule has 0 saturated heterocycles. The fourth-order valence-corrected chi connectivity index (χ4v) is 2.73. The number of alkyl halides is 4. The third kappa shape index (κ3) is 2.08. The Morgan fingerprint density at radius 2 is 2.19 bits per heavy atom. The second kappa shape index (κ2) is 3.99. The molecule has 0 aromatic carbocycles. The minimum Gasteiger partial charge on any atom is -0.322 e. The van der Waals surface area contributed by atoms with Gasteiger partial charge in [-0.05, 0) is 5.41 Å². The Kier molecular flexibility index (Phi) is 2.95. The van der Waals surface area contributed by atoms with Crippen LogP contribution in [-0.2, 0) is 13.2 Å². The number of rotatable bonds is 1. The molecule has 2 rings (SSSR count). The lowest BCUT2D eigenvalue weighted by atomic mass is 10.3. The zero-order chi connectivity index (χ0) is 11.9. The predicted octanol–water partition coefficient (Wildman–Crippen LogP) is 3.14. The van der Waals surface area contributed by atoms with Gasteiger partial charge in [-0.3, -0.25) is 4.68 Å². The summed E-state index contributed by atoms with van der Waals surface area (Å²) < 4.78 is 39.0. The average molecular weight is 314 g/mol. The highest BCUT2D eigenvalue weighted by Gasteiger charge is 2.39. The van der Waals surface area contributed by atoms with Crippen molar-refractivity contribution in [2.75, 3.05) is 4.90 Å². The quantitative estimate of drug-likeness (QED) is 0.587. The lowest BCUT2D eigenvalue weighted by Crippen LogP contribution is -2.21. The molecular formula is C8H7BrF3N3S. The van der Waals surface area contributed by atoms with E-state index in [-0.39, 0.29) is 9.97 Å². The van der Waals surface area contributed by atoms with Crippen LogP contribution < -0.4 is 4.90 Å². The molecule has 16 heavy (non-hydrogen) atoms. The molecule has 0 saturated carbocycles. The van der Waals surface area contributed by atoms with Gasteiger partial charge in [0.05, 0.1) is 5.69 Å². The summed E-state index contributed by atoms with van der Waals surface area (Å²) in [5.74, 6) is 0. The van der Waals surface area contributed by atoms with Gasteiger partial charge in [-0.15, -0.1) is 0 Å². The van der Waals surface area contributed by atoms with Crippen molar-refractivity contribution in [2.45, 2.75) is 10.5 Å². The summed E-state index contributed by atoms with van der Waals surface area (Å²) in [7, 11) is 1.47. The van der Waals surface area contributed by atoms with Crippen LogP contribution in [0.25, 0.3) is 0 Å². The number of aromatic nitrogens is 2. The first-order valence-corrected chi connectivity index (χ1v) is 6.11. The Morgan fingerprint density at radius 3 is 2.69 bits per heavy atom. The van der Waals surface area contributed by atoms with E-state index in [0.717, 1.165) is 4.68 Å². The standard InChI is InChI=1S/C8H7BrF3N3S/c1-14-4-5(6(13-14)8(10,11)12)15-2-3-16-7(15)9/h2-4,7H,1H3. The number of thioether (sulfide) groups is 1. The van der Waals surface area contributed by atoms with Crippen LogP contribution in [0.2, 0.25) is 0 Å². The van der Waals surface area contributed by atoms with Crippen molar-refractivity contribution in [3.8, 4) is 0 Å². The number of halogens is 4. The molecule has 88 valence electrons. The van der Waals surface area contributed by atoms with Crippen LogP contribution in [0.1, 0.15) is 5.69 Å². The minimum atomic E-state index is -4.44. The number of nitrogens with zero attached hydrogens (tertiary/aromatic N) is 3. The van der Waals surface area contributed by atoms with E-state index < -0.39 is 11.9 Å². The van der Waals surface area contributed by atoms with Crippen molar-refractivity contribution < 1.29 is 13.2 Å². The zero-order valence-electron chi connectivity index (χ0n) is 8.07. The van der Waals surface area contributed by atoms with E-state index in [1.165, 1.54) is 29.9 Å². The van der Waals surface area contributed by atoms with Crippen LogP contribution in [0.15, 0.2) is 17.8 Å². The van der Waals surface area contributed by atoms with Crippen LogP contribution in [0.3, 0.4) is 0 Å². The van der Waals surface area contributed by atoms with Crippen LogP contribution in [0, 0.1) is 0 Å². The normalized spacial score (nSPS) is 20.8. The van der Waals surface area contributed by atoms with Gasteiger partial charge in [0.15, 0.2) is 5.69 Å². The lowest BCUT2D eigenvalue weighted by Gasteiger charge is -2.19. The van der Waals surface area contributed by atoms with Gasteiger partial charge in [0.1, 0.15) is 4.28 Å². The van der Waals surface area contributed by atoms with E-state index in [1.54, 1.807) is 11.6 Å². The molecule has 0 fully saturated rings. The Hall–Kier alpha value is -0.630.